The van der Waals surface area contributed by atoms with Crippen molar-refractivity contribution in [3.8, 4) is 0 Å². The van der Waals surface area contributed by atoms with Crippen LogP contribution in [0.15, 0.2) is 0 Å². The van der Waals surface area contributed by atoms with Gasteiger partial charge < -0.3 is 14.5 Å². The summed E-state index contributed by atoms with van der Waals surface area (Å²) >= 11 is 0. The molecule has 2 aliphatic heterocycles. The first-order valence-corrected chi connectivity index (χ1v) is 8.45. The maximum Gasteiger partial charge on any atom is 0.251 e. The molecule has 118 valence electrons. The van der Waals surface area contributed by atoms with Crippen molar-refractivity contribution in [2.45, 2.75) is 51.0 Å². The first kappa shape index (κ1) is 14.8. The van der Waals surface area contributed by atoms with Crippen molar-refractivity contribution in [2.24, 2.45) is 5.92 Å². The molecule has 1 aliphatic carbocycles. The Balaban J connectivity index is 1.53. The Labute approximate surface area is 126 Å². The lowest BCUT2D eigenvalue weighted by Crippen LogP contribution is -2.42. The Kier molecular flexibility index (Phi) is 4.78. The van der Waals surface area contributed by atoms with Crippen LogP contribution in [0, 0.1) is 5.92 Å². The van der Waals surface area contributed by atoms with Crippen molar-refractivity contribution in [1.82, 2.24) is 9.80 Å². The Bertz CT molecular complexity index is 351. The lowest BCUT2D eigenvalue weighted by Gasteiger charge is -2.25. The van der Waals surface area contributed by atoms with Crippen LogP contribution in [0.25, 0.3) is 0 Å². The number of amides is 2. The predicted octanol–water partition coefficient (Wildman–Crippen LogP) is 1.42. The zero-order valence-electron chi connectivity index (χ0n) is 12.8. The monoisotopic (exact) mass is 294 g/mol. The van der Waals surface area contributed by atoms with Crippen molar-refractivity contribution in [1.29, 1.82) is 0 Å². The summed E-state index contributed by atoms with van der Waals surface area (Å²) in [7, 11) is 0. The van der Waals surface area contributed by atoms with Gasteiger partial charge in [-0.2, -0.15) is 0 Å². The first-order valence-electron chi connectivity index (χ1n) is 8.45. The van der Waals surface area contributed by atoms with Crippen molar-refractivity contribution in [3.63, 3.8) is 0 Å². The van der Waals surface area contributed by atoms with Gasteiger partial charge in [-0.1, -0.05) is 12.8 Å². The van der Waals surface area contributed by atoms with Gasteiger partial charge in [0, 0.05) is 38.7 Å². The summed E-state index contributed by atoms with van der Waals surface area (Å²) in [6, 6.07) is 0. The Hall–Kier alpha value is -1.10. The molecule has 5 nitrogen and oxygen atoms in total. The highest BCUT2D eigenvalue weighted by Gasteiger charge is 2.32. The summed E-state index contributed by atoms with van der Waals surface area (Å²) < 4.78 is 5.49. The van der Waals surface area contributed by atoms with Crippen LogP contribution < -0.4 is 0 Å². The third-order valence-corrected chi connectivity index (χ3v) is 5.03. The zero-order chi connectivity index (χ0) is 14.7. The smallest absolute Gasteiger partial charge is 0.251 e. The average molecular weight is 294 g/mol. The lowest BCUT2D eigenvalue weighted by molar-refractivity contribution is -0.141. The Morgan fingerprint density at radius 2 is 1.43 bits per heavy atom. The van der Waals surface area contributed by atoms with Gasteiger partial charge in [-0.3, -0.25) is 9.59 Å². The van der Waals surface area contributed by atoms with E-state index in [4.69, 9.17) is 4.74 Å². The Morgan fingerprint density at radius 3 is 2.05 bits per heavy atom. The van der Waals surface area contributed by atoms with Gasteiger partial charge in [0.2, 0.25) is 5.91 Å². The molecule has 1 unspecified atom stereocenters. The number of hydrogen-bond donors (Lipinski definition) is 0. The summed E-state index contributed by atoms with van der Waals surface area (Å²) in [6.07, 6.45) is 6.96. The molecule has 3 aliphatic rings. The minimum absolute atomic E-state index is 0.127. The molecule has 2 saturated heterocycles. The molecule has 0 bridgehead atoms. The zero-order valence-corrected chi connectivity index (χ0v) is 12.8. The summed E-state index contributed by atoms with van der Waals surface area (Å²) in [5.41, 5.74) is 0. The van der Waals surface area contributed by atoms with Crippen molar-refractivity contribution >= 4 is 11.8 Å². The van der Waals surface area contributed by atoms with E-state index in [1.807, 2.05) is 9.80 Å². The third-order valence-electron chi connectivity index (χ3n) is 5.03. The highest BCUT2D eigenvalue weighted by molar-refractivity contribution is 5.82. The van der Waals surface area contributed by atoms with Crippen LogP contribution in [-0.2, 0) is 14.3 Å². The quantitative estimate of drug-likeness (QED) is 0.774. The fraction of sp³-hybridized carbons (Fsp3) is 0.875. The molecule has 1 saturated carbocycles. The minimum Gasteiger partial charge on any atom is -0.368 e. The van der Waals surface area contributed by atoms with Crippen molar-refractivity contribution in [3.05, 3.63) is 0 Å². The maximum atomic E-state index is 12.5. The van der Waals surface area contributed by atoms with Crippen LogP contribution in [0.5, 0.6) is 0 Å². The molecule has 21 heavy (non-hydrogen) atoms. The normalized spacial score (nSPS) is 27.9. The fourth-order valence-corrected chi connectivity index (χ4v) is 3.77. The number of ether oxygens (including phenoxy) is 1. The summed E-state index contributed by atoms with van der Waals surface area (Å²) in [4.78, 5) is 28.8. The van der Waals surface area contributed by atoms with Crippen LogP contribution in [0.3, 0.4) is 0 Å². The summed E-state index contributed by atoms with van der Waals surface area (Å²) in [6.45, 7) is 3.61. The molecule has 0 aromatic carbocycles. The average Bonchev–Trinajstić information content (AvgIpc) is 3.15. The van der Waals surface area contributed by atoms with E-state index in [1.165, 1.54) is 12.8 Å². The molecule has 0 aromatic heterocycles. The molecule has 2 amide bonds. The molecule has 0 aromatic rings. The second-order valence-corrected chi connectivity index (χ2v) is 6.49. The Morgan fingerprint density at radius 1 is 0.762 bits per heavy atom. The number of hydrogen-bond acceptors (Lipinski definition) is 3. The van der Waals surface area contributed by atoms with Gasteiger partial charge in [-0.15, -0.1) is 0 Å². The number of carbonyl (C=O) groups is 2. The number of carbonyl (C=O) groups excluding carboxylic acids is 2. The summed E-state index contributed by atoms with van der Waals surface area (Å²) in [5, 5.41) is 0. The van der Waals surface area contributed by atoms with Crippen LogP contribution in [-0.4, -0.2) is 60.5 Å². The van der Waals surface area contributed by atoms with E-state index < -0.39 is 0 Å². The van der Waals surface area contributed by atoms with Gasteiger partial charge in [0.1, 0.15) is 6.10 Å². The van der Waals surface area contributed by atoms with E-state index in [2.05, 4.69) is 0 Å². The second kappa shape index (κ2) is 6.77. The topological polar surface area (TPSA) is 49.9 Å². The van der Waals surface area contributed by atoms with E-state index in [-0.39, 0.29) is 17.9 Å². The third kappa shape index (κ3) is 3.39. The van der Waals surface area contributed by atoms with Gasteiger partial charge in [0.15, 0.2) is 0 Å². The van der Waals surface area contributed by atoms with Crippen LogP contribution in [0.4, 0.5) is 0 Å². The van der Waals surface area contributed by atoms with Crippen LogP contribution in [0.1, 0.15) is 44.9 Å². The minimum atomic E-state index is -0.234. The van der Waals surface area contributed by atoms with Gasteiger partial charge in [0.05, 0.1) is 0 Å². The highest BCUT2D eigenvalue weighted by atomic mass is 16.5. The van der Waals surface area contributed by atoms with E-state index in [1.54, 1.807) is 0 Å². The molecule has 3 rings (SSSR count). The van der Waals surface area contributed by atoms with Crippen molar-refractivity contribution < 1.29 is 14.3 Å². The van der Waals surface area contributed by atoms with E-state index in [0.29, 0.717) is 25.6 Å². The molecular formula is C16H26N2O3. The number of nitrogens with zero attached hydrogens (tertiary/aromatic N) is 2. The standard InChI is InChI=1S/C16H26N2O3/c19-15(13-5-1-2-6-13)17-8-4-9-18(11-10-17)16(20)14-7-3-12-21-14/h13-14H,1-12H2. The van der Waals surface area contributed by atoms with Crippen LogP contribution >= 0.6 is 0 Å². The van der Waals surface area contributed by atoms with Gasteiger partial charge in [-0.25, -0.2) is 0 Å². The van der Waals surface area contributed by atoms with Gasteiger partial charge >= 0.3 is 0 Å². The molecule has 2 heterocycles. The van der Waals surface area contributed by atoms with Gasteiger partial charge in [0.25, 0.3) is 5.91 Å². The molecule has 5 heteroatoms. The van der Waals surface area contributed by atoms with Gasteiger partial charge in [-0.05, 0) is 32.1 Å². The fourth-order valence-electron chi connectivity index (χ4n) is 3.77. The second-order valence-electron chi connectivity index (χ2n) is 6.49. The highest BCUT2D eigenvalue weighted by Crippen LogP contribution is 2.27. The summed E-state index contributed by atoms with van der Waals surface area (Å²) in [5.74, 6) is 0.687. The molecule has 1 atom stereocenters. The maximum absolute atomic E-state index is 12.5. The van der Waals surface area contributed by atoms with E-state index in [0.717, 1.165) is 45.2 Å². The molecule has 3 fully saturated rings. The molecule has 0 radical (unpaired) electrons. The number of rotatable bonds is 2. The van der Waals surface area contributed by atoms with E-state index >= 15 is 0 Å². The van der Waals surface area contributed by atoms with E-state index in [9.17, 15) is 9.59 Å². The molecular weight excluding hydrogens is 268 g/mol. The largest absolute Gasteiger partial charge is 0.368 e. The SMILES string of the molecule is O=C(C1CCCC1)N1CCCN(C(=O)C2CCCO2)CC1. The van der Waals surface area contributed by atoms with Crippen LogP contribution in [0.2, 0.25) is 0 Å². The van der Waals surface area contributed by atoms with Crippen molar-refractivity contribution in [2.75, 3.05) is 32.8 Å². The predicted molar refractivity (Wildman–Crippen MR) is 78.7 cm³/mol. The lowest BCUT2D eigenvalue weighted by atomic mass is 10.1. The first-order chi connectivity index (χ1) is 10.3. The molecule has 0 spiro atoms. The molecule has 0 N–H and O–H groups in total.